The van der Waals surface area contributed by atoms with Crippen LogP contribution in [0.2, 0.25) is 0 Å². The molecule has 1 atom stereocenters. The van der Waals surface area contributed by atoms with Gasteiger partial charge in [-0.1, -0.05) is 60.2 Å². The molecule has 5 nitrogen and oxygen atoms in total. The van der Waals surface area contributed by atoms with Gasteiger partial charge >= 0.3 is 0 Å². The molecule has 0 bridgehead atoms. The van der Waals surface area contributed by atoms with Crippen LogP contribution in [-0.4, -0.2) is 11.0 Å². The van der Waals surface area contributed by atoms with Crippen LogP contribution >= 0.6 is 0 Å². The highest BCUT2D eigenvalue weighted by Gasteiger charge is 2.48. The van der Waals surface area contributed by atoms with Gasteiger partial charge in [-0.2, -0.15) is 0 Å². The maximum Gasteiger partial charge on any atom is 0.255 e. The quantitative estimate of drug-likeness (QED) is 0.612. The van der Waals surface area contributed by atoms with Crippen LogP contribution in [-0.2, 0) is 4.79 Å². The number of aliphatic hydroxyl groups is 1. The second-order valence-corrected chi connectivity index (χ2v) is 8.00. The van der Waals surface area contributed by atoms with Gasteiger partial charge in [0.1, 0.15) is 5.76 Å². The monoisotopic (exact) mass is 408 g/mol. The zero-order chi connectivity index (χ0) is 21.6. The third-order valence-corrected chi connectivity index (χ3v) is 6.35. The van der Waals surface area contributed by atoms with Gasteiger partial charge in [0.15, 0.2) is 5.70 Å². The lowest BCUT2D eigenvalue weighted by Gasteiger charge is -2.27. The molecule has 0 saturated heterocycles. The van der Waals surface area contributed by atoms with E-state index in [0.29, 0.717) is 23.3 Å². The number of amides is 1. The van der Waals surface area contributed by atoms with E-state index in [1.807, 2.05) is 73.7 Å². The summed E-state index contributed by atoms with van der Waals surface area (Å²) in [7, 11) is 0. The zero-order valence-electron chi connectivity index (χ0n) is 16.9. The number of benzene rings is 2. The number of nitrogens with zero attached hydrogens (tertiary/aromatic N) is 1. The van der Waals surface area contributed by atoms with Crippen LogP contribution in [0, 0.1) is 10.3 Å². The van der Waals surface area contributed by atoms with Gasteiger partial charge in [0.25, 0.3) is 5.91 Å². The van der Waals surface area contributed by atoms with Crippen molar-refractivity contribution < 1.29 is 9.90 Å². The Labute approximate surface area is 179 Å². The number of allylic oxidation sites excluding steroid dienone is 6. The summed E-state index contributed by atoms with van der Waals surface area (Å²) in [5.41, 5.74) is 5.25. The Morgan fingerprint density at radius 2 is 1.74 bits per heavy atom. The first-order valence-electron chi connectivity index (χ1n) is 10.1. The van der Waals surface area contributed by atoms with Crippen LogP contribution in [0.5, 0.6) is 0 Å². The maximum absolute atomic E-state index is 13.2. The van der Waals surface area contributed by atoms with Crippen LogP contribution in [0.15, 0.2) is 118 Å². The molecule has 31 heavy (non-hydrogen) atoms. The number of hydrogen-bond acceptors (Lipinski definition) is 4. The van der Waals surface area contributed by atoms with Crippen LogP contribution in [0.1, 0.15) is 13.3 Å². The minimum atomic E-state index is -0.631. The van der Waals surface area contributed by atoms with Gasteiger partial charge in [-0.15, -0.1) is 4.91 Å². The molecule has 0 fully saturated rings. The lowest BCUT2D eigenvalue weighted by atomic mass is 9.75. The van der Waals surface area contributed by atoms with Gasteiger partial charge in [0.05, 0.1) is 0 Å². The number of nitroso groups, excluding NO2 is 1. The van der Waals surface area contributed by atoms with E-state index in [1.165, 1.54) is 6.08 Å². The van der Waals surface area contributed by atoms with Crippen molar-refractivity contribution in [3.05, 3.63) is 118 Å². The molecule has 0 aliphatic heterocycles. The van der Waals surface area contributed by atoms with Gasteiger partial charge in [-0.3, -0.25) is 4.79 Å². The van der Waals surface area contributed by atoms with E-state index in [2.05, 4.69) is 10.5 Å². The molecule has 2 aromatic rings. The predicted octanol–water partition coefficient (Wildman–Crippen LogP) is 5.97. The Balaban J connectivity index is 1.45. The molecule has 3 aliphatic rings. The SMILES string of the molecule is CC12C3=CC(C(=O)Nc4ccc(-c5ccccc5)cc4)=C1C=CC(O)=C(N=O)C2=CC3. The predicted molar refractivity (Wildman–Crippen MR) is 121 cm³/mol. The minimum absolute atomic E-state index is 0.0373. The first-order valence-corrected chi connectivity index (χ1v) is 10.1. The normalized spacial score (nSPS) is 21.5. The van der Waals surface area contributed by atoms with E-state index < -0.39 is 5.41 Å². The van der Waals surface area contributed by atoms with Gasteiger partial charge in [0, 0.05) is 16.7 Å². The van der Waals surface area contributed by atoms with Gasteiger partial charge < -0.3 is 10.4 Å². The number of rotatable bonds is 4. The Morgan fingerprint density at radius 3 is 2.45 bits per heavy atom. The van der Waals surface area contributed by atoms with E-state index in [4.69, 9.17) is 0 Å². The van der Waals surface area contributed by atoms with Crippen LogP contribution in [0.3, 0.4) is 0 Å². The Hall–Kier alpha value is -3.99. The lowest BCUT2D eigenvalue weighted by Crippen LogP contribution is -2.20. The fourth-order valence-corrected chi connectivity index (χ4v) is 4.66. The number of anilines is 1. The summed E-state index contributed by atoms with van der Waals surface area (Å²) in [6.45, 7) is 1.97. The molecule has 152 valence electrons. The number of hydrogen-bond donors (Lipinski definition) is 2. The topological polar surface area (TPSA) is 78.8 Å². The third-order valence-electron chi connectivity index (χ3n) is 6.35. The van der Waals surface area contributed by atoms with Crippen molar-refractivity contribution in [2.75, 3.05) is 5.32 Å². The van der Waals surface area contributed by atoms with Crippen molar-refractivity contribution in [2.45, 2.75) is 13.3 Å². The lowest BCUT2D eigenvalue weighted by molar-refractivity contribution is -0.112. The summed E-state index contributed by atoms with van der Waals surface area (Å²) in [4.78, 5) is 24.5. The highest BCUT2D eigenvalue weighted by Crippen LogP contribution is 2.58. The first-order chi connectivity index (χ1) is 15.0. The number of carbonyl (C=O) groups excluding carboxylic acids is 1. The molecule has 1 amide bonds. The second kappa shape index (κ2) is 7.06. The van der Waals surface area contributed by atoms with Crippen molar-refractivity contribution in [3.63, 3.8) is 0 Å². The largest absolute Gasteiger partial charge is 0.506 e. The summed E-state index contributed by atoms with van der Waals surface area (Å²) >= 11 is 0. The molecule has 0 aromatic heterocycles. The van der Waals surface area contributed by atoms with Gasteiger partial charge in [-0.25, -0.2) is 0 Å². The third kappa shape index (κ3) is 2.89. The van der Waals surface area contributed by atoms with E-state index in [9.17, 15) is 14.8 Å². The average Bonchev–Trinajstić information content (AvgIpc) is 3.21. The molecule has 5 rings (SSSR count). The molecular weight excluding hydrogens is 388 g/mol. The first kappa shape index (κ1) is 19.0. The standard InChI is InChI=1S/C26H20N2O3/c1-26-18-9-12-22(26)24(28-31)23(29)14-13-21(26)20(15-18)25(30)27-19-10-7-17(8-11-19)16-5-3-2-4-6-16/h2-8,10-15,29H,9H2,1H3,(H,27,30). The number of nitrogens with one attached hydrogen (secondary N) is 1. The van der Waals surface area contributed by atoms with E-state index in [1.54, 1.807) is 6.08 Å². The Morgan fingerprint density at radius 1 is 1.03 bits per heavy atom. The maximum atomic E-state index is 13.2. The van der Waals surface area contributed by atoms with Crippen LogP contribution in [0.25, 0.3) is 11.1 Å². The molecule has 3 aliphatic carbocycles. The summed E-state index contributed by atoms with van der Waals surface area (Å²) in [5, 5.41) is 16.3. The number of aliphatic hydroxyl groups excluding tert-OH is 1. The highest BCUT2D eigenvalue weighted by molar-refractivity contribution is 6.08. The molecule has 2 aromatic carbocycles. The molecule has 2 N–H and O–H groups in total. The summed E-state index contributed by atoms with van der Waals surface area (Å²) in [6.07, 6.45) is 7.56. The molecule has 0 spiro atoms. The summed E-state index contributed by atoms with van der Waals surface area (Å²) in [5.74, 6) is -0.404. The van der Waals surface area contributed by atoms with Crippen LogP contribution in [0.4, 0.5) is 5.69 Å². The molecule has 0 radical (unpaired) electrons. The minimum Gasteiger partial charge on any atom is -0.506 e. The second-order valence-electron chi connectivity index (χ2n) is 8.00. The Bertz CT molecular complexity index is 1260. The summed E-state index contributed by atoms with van der Waals surface area (Å²) in [6, 6.07) is 17.8. The van der Waals surface area contributed by atoms with Crippen molar-refractivity contribution in [1.82, 2.24) is 0 Å². The highest BCUT2D eigenvalue weighted by atomic mass is 16.3. The van der Waals surface area contributed by atoms with Crippen LogP contribution < -0.4 is 5.32 Å². The smallest absolute Gasteiger partial charge is 0.255 e. The average molecular weight is 408 g/mol. The van der Waals surface area contributed by atoms with Crippen molar-refractivity contribution >= 4 is 11.6 Å². The van der Waals surface area contributed by atoms with Crippen molar-refractivity contribution in [3.8, 4) is 11.1 Å². The number of carbonyl (C=O) groups is 1. The Kier molecular flexibility index (Phi) is 4.33. The van der Waals surface area contributed by atoms with E-state index in [0.717, 1.165) is 22.3 Å². The van der Waals surface area contributed by atoms with Gasteiger partial charge in [0.2, 0.25) is 0 Å². The van der Waals surface area contributed by atoms with E-state index >= 15 is 0 Å². The fourth-order valence-electron chi connectivity index (χ4n) is 4.66. The van der Waals surface area contributed by atoms with Crippen molar-refractivity contribution in [1.29, 1.82) is 0 Å². The van der Waals surface area contributed by atoms with E-state index in [-0.39, 0.29) is 17.4 Å². The van der Waals surface area contributed by atoms with Gasteiger partial charge in [-0.05, 0) is 65.1 Å². The summed E-state index contributed by atoms with van der Waals surface area (Å²) < 4.78 is 0. The molecule has 0 saturated carbocycles. The molecule has 5 heteroatoms. The fraction of sp³-hybridized carbons (Fsp3) is 0.115. The zero-order valence-corrected chi connectivity index (χ0v) is 16.9. The molecular formula is C26H20N2O3. The van der Waals surface area contributed by atoms with Crippen molar-refractivity contribution in [2.24, 2.45) is 10.6 Å². The molecule has 0 heterocycles. The molecule has 1 unspecified atom stereocenters.